The molecule has 1 rings (SSSR count). The van der Waals surface area contributed by atoms with E-state index in [1.165, 1.54) is 20.1 Å². The number of Topliss-reactive ketones (excluding diaryl/α,β-unsaturated/α-hetero) is 1. The maximum absolute atomic E-state index is 11.5. The fourth-order valence-corrected chi connectivity index (χ4v) is 1.87. The van der Waals surface area contributed by atoms with E-state index in [0.717, 1.165) is 12.1 Å². The van der Waals surface area contributed by atoms with Gasteiger partial charge in [0.05, 0.1) is 24.1 Å². The number of ether oxygens (including phenoxy) is 1. The van der Waals surface area contributed by atoms with E-state index in [4.69, 9.17) is 9.29 Å². The summed E-state index contributed by atoms with van der Waals surface area (Å²) in [5.74, 6) is -0.718. The normalized spacial score (nSPS) is 10.3. The molecule has 2 N–H and O–H groups in total. The van der Waals surface area contributed by atoms with E-state index in [0.29, 0.717) is 0 Å². The fourth-order valence-electron chi connectivity index (χ4n) is 1.37. The number of hydrogen-bond acceptors (Lipinski definition) is 5. The van der Waals surface area contributed by atoms with Crippen molar-refractivity contribution in [3.05, 3.63) is 18.2 Å². The molecule has 0 unspecified atom stereocenters. The number of methoxy groups -OCH3 is 1. The minimum atomic E-state index is -4.38. The molecule has 0 fully saturated rings. The third-order valence-corrected chi connectivity index (χ3v) is 3.00. The van der Waals surface area contributed by atoms with Crippen molar-refractivity contribution in [3.8, 4) is 5.75 Å². The number of nitrogens with one attached hydrogen (secondary N) is 1. The summed E-state index contributed by atoms with van der Waals surface area (Å²) in [6, 6.07) is 3.47. The van der Waals surface area contributed by atoms with Crippen LogP contribution in [0.5, 0.6) is 5.75 Å². The van der Waals surface area contributed by atoms with Crippen molar-refractivity contribution in [3.63, 3.8) is 0 Å². The zero-order valence-electron chi connectivity index (χ0n) is 11.3. The second-order valence-electron chi connectivity index (χ2n) is 3.76. The molecular weight excluding hydrogens is 297 g/mol. The first-order chi connectivity index (χ1) is 8.74. The van der Waals surface area contributed by atoms with E-state index >= 15 is 0 Å². The van der Waals surface area contributed by atoms with Crippen LogP contribution in [0.2, 0.25) is 0 Å². The summed E-state index contributed by atoms with van der Waals surface area (Å²) in [5, 5.41) is 2.34. The van der Waals surface area contributed by atoms with Gasteiger partial charge in [-0.1, -0.05) is 0 Å². The molecule has 105 valence electrons. The predicted molar refractivity (Wildman–Crippen MR) is 72.5 cm³/mol. The summed E-state index contributed by atoms with van der Waals surface area (Å²) in [4.78, 5) is 21.9. The van der Waals surface area contributed by atoms with Crippen LogP contribution in [0.4, 0.5) is 5.69 Å². The third kappa shape index (κ3) is 5.59. The van der Waals surface area contributed by atoms with Gasteiger partial charge in [-0.25, -0.2) is 0 Å². The first kappa shape index (κ1) is 19.1. The Morgan fingerprint density at radius 1 is 1.35 bits per heavy atom. The minimum Gasteiger partial charge on any atom is -0.495 e. The molecule has 0 aliphatic heterocycles. The van der Waals surface area contributed by atoms with Crippen molar-refractivity contribution in [1.29, 1.82) is 0 Å². The SMILES string of the molecule is COc1ccc(S(=O)(=O)O)cc1NC(=O)CC(C)=O.[Na]. The molecule has 0 aliphatic rings. The summed E-state index contributed by atoms with van der Waals surface area (Å²) in [6.07, 6.45) is -0.334. The van der Waals surface area contributed by atoms with Crippen LogP contribution in [0.25, 0.3) is 0 Å². The molecule has 1 amide bonds. The van der Waals surface area contributed by atoms with Gasteiger partial charge in [0.25, 0.3) is 10.1 Å². The van der Waals surface area contributed by atoms with Gasteiger partial charge in [0.1, 0.15) is 11.5 Å². The van der Waals surface area contributed by atoms with Crippen molar-refractivity contribution in [1.82, 2.24) is 0 Å². The number of anilines is 1. The van der Waals surface area contributed by atoms with Crippen LogP contribution < -0.4 is 10.1 Å². The molecule has 7 nitrogen and oxygen atoms in total. The van der Waals surface area contributed by atoms with Crippen molar-refractivity contribution < 1.29 is 27.3 Å². The minimum absolute atomic E-state index is 0. The summed E-state index contributed by atoms with van der Waals surface area (Å²) in [7, 11) is -3.05. The maximum atomic E-state index is 11.5. The quantitative estimate of drug-likeness (QED) is 0.465. The second kappa shape index (κ2) is 7.75. The Kier molecular flexibility index (Phi) is 7.39. The van der Waals surface area contributed by atoms with Crippen LogP contribution in [0, 0.1) is 0 Å². The van der Waals surface area contributed by atoms with Crippen LogP contribution in [0.1, 0.15) is 13.3 Å². The van der Waals surface area contributed by atoms with Crippen molar-refractivity contribution >= 4 is 57.1 Å². The van der Waals surface area contributed by atoms with Crippen LogP contribution in [0.3, 0.4) is 0 Å². The Hall–Kier alpha value is -0.930. The van der Waals surface area contributed by atoms with E-state index in [1.54, 1.807) is 0 Å². The number of carbonyl (C=O) groups excluding carboxylic acids is 2. The predicted octanol–water partition coefficient (Wildman–Crippen LogP) is 0.479. The van der Waals surface area contributed by atoms with Crippen LogP contribution >= 0.6 is 0 Å². The number of hydrogen-bond donors (Lipinski definition) is 2. The summed E-state index contributed by atoms with van der Waals surface area (Å²) in [6.45, 7) is 1.26. The molecule has 1 aromatic rings. The molecule has 0 aliphatic carbocycles. The third-order valence-electron chi connectivity index (χ3n) is 2.15. The molecule has 0 atom stereocenters. The van der Waals surface area contributed by atoms with Crippen LogP contribution in [0.15, 0.2) is 23.1 Å². The van der Waals surface area contributed by atoms with Crippen LogP contribution in [-0.4, -0.2) is 61.3 Å². The summed E-state index contributed by atoms with van der Waals surface area (Å²) < 4.78 is 35.9. The maximum Gasteiger partial charge on any atom is 0.294 e. The molecule has 20 heavy (non-hydrogen) atoms. The van der Waals surface area contributed by atoms with Crippen molar-refractivity contribution in [2.45, 2.75) is 18.2 Å². The van der Waals surface area contributed by atoms with Crippen molar-refractivity contribution in [2.75, 3.05) is 12.4 Å². The van der Waals surface area contributed by atoms with Gasteiger partial charge in [0.15, 0.2) is 0 Å². The number of amides is 1. The molecular formula is C11H13NNaO6S. The monoisotopic (exact) mass is 310 g/mol. The molecule has 0 spiro atoms. The smallest absolute Gasteiger partial charge is 0.294 e. The number of benzene rings is 1. The summed E-state index contributed by atoms with van der Waals surface area (Å²) >= 11 is 0. The molecule has 9 heteroatoms. The molecule has 0 saturated carbocycles. The van der Waals surface area contributed by atoms with E-state index in [-0.39, 0.29) is 58.1 Å². The first-order valence-electron chi connectivity index (χ1n) is 5.19. The standard InChI is InChI=1S/C11H13NO6S.Na/c1-7(13)5-11(14)12-9-6-8(19(15,16)17)3-4-10(9)18-2;/h3-4,6H,5H2,1-2H3,(H,12,14)(H,15,16,17);. The Morgan fingerprint density at radius 3 is 2.40 bits per heavy atom. The van der Waals surface area contributed by atoms with Gasteiger partial charge in [-0.3, -0.25) is 14.1 Å². The van der Waals surface area contributed by atoms with Gasteiger partial charge in [0, 0.05) is 29.6 Å². The van der Waals surface area contributed by atoms with Crippen LogP contribution in [-0.2, 0) is 19.7 Å². The van der Waals surface area contributed by atoms with Gasteiger partial charge in [-0.05, 0) is 25.1 Å². The van der Waals surface area contributed by atoms with Gasteiger partial charge in [-0.15, -0.1) is 0 Å². The van der Waals surface area contributed by atoms with Crippen molar-refractivity contribution in [2.24, 2.45) is 0 Å². The number of carbonyl (C=O) groups is 2. The van der Waals surface area contributed by atoms with Gasteiger partial charge < -0.3 is 10.1 Å². The zero-order valence-corrected chi connectivity index (χ0v) is 14.2. The van der Waals surface area contributed by atoms with Gasteiger partial charge >= 0.3 is 0 Å². The first-order valence-corrected chi connectivity index (χ1v) is 6.63. The van der Waals surface area contributed by atoms with E-state index in [1.807, 2.05) is 0 Å². The fraction of sp³-hybridized carbons (Fsp3) is 0.273. The molecule has 0 aromatic heterocycles. The molecule has 0 heterocycles. The Labute approximate surface area is 138 Å². The average molecular weight is 310 g/mol. The Bertz CT molecular complexity index is 613. The number of ketones is 1. The molecule has 1 radical (unpaired) electrons. The average Bonchev–Trinajstić information content (AvgIpc) is 2.26. The van der Waals surface area contributed by atoms with E-state index in [2.05, 4.69) is 5.32 Å². The second-order valence-corrected chi connectivity index (χ2v) is 5.19. The Balaban J connectivity index is 0.00000361. The zero-order chi connectivity index (χ0) is 14.6. The number of rotatable bonds is 5. The Morgan fingerprint density at radius 2 is 1.95 bits per heavy atom. The van der Waals surface area contributed by atoms with Gasteiger partial charge in [0.2, 0.25) is 5.91 Å². The molecule has 0 bridgehead atoms. The molecule has 0 saturated heterocycles. The van der Waals surface area contributed by atoms with Gasteiger partial charge in [-0.2, -0.15) is 8.42 Å². The molecule has 1 aromatic carbocycles. The van der Waals surface area contributed by atoms with E-state index in [9.17, 15) is 18.0 Å². The summed E-state index contributed by atoms with van der Waals surface area (Å²) in [5.41, 5.74) is 0.0591. The largest absolute Gasteiger partial charge is 0.495 e. The van der Waals surface area contributed by atoms with E-state index < -0.39 is 16.0 Å². The topological polar surface area (TPSA) is 110 Å².